The Labute approximate surface area is 215 Å². The van der Waals surface area contributed by atoms with E-state index in [1.54, 1.807) is 6.07 Å². The topological polar surface area (TPSA) is 62.6 Å². The third-order valence-electron chi connectivity index (χ3n) is 7.05. The van der Waals surface area contributed by atoms with E-state index in [2.05, 4.69) is 41.2 Å². The molecule has 1 aromatic heterocycles. The summed E-state index contributed by atoms with van der Waals surface area (Å²) in [6.45, 7) is 4.28. The molecule has 36 heavy (non-hydrogen) atoms. The average Bonchev–Trinajstić information content (AvgIpc) is 3.15. The number of rotatable bonds is 8. The quantitative estimate of drug-likeness (QED) is 0.519. The zero-order chi connectivity index (χ0) is 26.8. The van der Waals surface area contributed by atoms with Crippen LogP contribution in [0.4, 0.5) is 18.9 Å². The van der Waals surface area contributed by atoms with Gasteiger partial charge in [-0.25, -0.2) is 4.68 Å². The highest BCUT2D eigenvalue weighted by molar-refractivity contribution is 6.31. The molecule has 1 heterocycles. The monoisotopic (exact) mass is 529 g/mol. The summed E-state index contributed by atoms with van der Waals surface area (Å²) < 4.78 is 46.6. The molecule has 1 N–H and O–H groups in total. The molecular weight excluding hydrogens is 495 g/mol. The zero-order valence-electron chi connectivity index (χ0n) is 21.7. The van der Waals surface area contributed by atoms with Crippen LogP contribution in [0.1, 0.15) is 59.8 Å². The average molecular weight is 530 g/mol. The third kappa shape index (κ3) is 5.91. The van der Waals surface area contributed by atoms with E-state index < -0.39 is 24.3 Å². The number of nitrogens with one attached hydrogen (secondary N) is 1. The van der Waals surface area contributed by atoms with Gasteiger partial charge in [-0.15, -0.1) is 0 Å². The summed E-state index contributed by atoms with van der Waals surface area (Å²) in [6, 6.07) is 4.31. The van der Waals surface area contributed by atoms with Crippen LogP contribution in [0, 0.1) is 6.92 Å². The normalized spacial score (nSPS) is 18.4. The summed E-state index contributed by atoms with van der Waals surface area (Å²) in [7, 11) is 6.83. The van der Waals surface area contributed by atoms with Gasteiger partial charge < -0.3 is 19.9 Å². The fourth-order valence-corrected chi connectivity index (χ4v) is 5.38. The van der Waals surface area contributed by atoms with Gasteiger partial charge in [-0.2, -0.15) is 18.3 Å². The van der Waals surface area contributed by atoms with Gasteiger partial charge in [0.2, 0.25) is 5.88 Å². The van der Waals surface area contributed by atoms with E-state index in [1.807, 2.05) is 13.0 Å². The maximum absolute atomic E-state index is 13.5. The van der Waals surface area contributed by atoms with Gasteiger partial charge in [0.15, 0.2) is 5.69 Å². The number of aryl methyl sites for hydroxylation is 1. The van der Waals surface area contributed by atoms with Crippen molar-refractivity contribution in [3.8, 4) is 5.88 Å². The molecule has 200 valence electrons. The summed E-state index contributed by atoms with van der Waals surface area (Å²) >= 11 is 6.43. The molecule has 1 amide bonds. The van der Waals surface area contributed by atoms with Crippen molar-refractivity contribution >= 4 is 23.2 Å². The molecule has 1 aliphatic carbocycles. The van der Waals surface area contributed by atoms with Gasteiger partial charge in [-0.3, -0.25) is 4.79 Å². The lowest BCUT2D eigenvalue weighted by Gasteiger charge is -2.40. The number of ether oxygens (including phenoxy) is 1. The van der Waals surface area contributed by atoms with E-state index in [-0.39, 0.29) is 11.4 Å². The van der Waals surface area contributed by atoms with Gasteiger partial charge in [0.25, 0.3) is 5.91 Å². The van der Waals surface area contributed by atoms with Crippen LogP contribution >= 0.6 is 11.6 Å². The summed E-state index contributed by atoms with van der Waals surface area (Å²) in [5.74, 6) is -0.570. The number of carbonyl (C=O) groups is 1. The molecule has 0 unspecified atom stereocenters. The zero-order valence-corrected chi connectivity index (χ0v) is 22.4. The minimum atomic E-state index is -4.68. The number of carbonyl (C=O) groups excluding carboxylic acids is 1. The highest BCUT2D eigenvalue weighted by Crippen LogP contribution is 2.36. The van der Waals surface area contributed by atoms with Crippen LogP contribution in [-0.4, -0.2) is 60.4 Å². The molecular formula is C25H35ClF3N5O2. The lowest BCUT2D eigenvalue weighted by atomic mass is 9.89. The molecule has 0 saturated heterocycles. The largest absolute Gasteiger partial charge is 0.481 e. The van der Waals surface area contributed by atoms with E-state index >= 15 is 0 Å². The van der Waals surface area contributed by atoms with Crippen molar-refractivity contribution in [1.29, 1.82) is 0 Å². The Morgan fingerprint density at radius 2 is 1.83 bits per heavy atom. The Bertz CT molecular complexity index is 1080. The van der Waals surface area contributed by atoms with Crippen LogP contribution in [0.25, 0.3) is 0 Å². The molecule has 0 aliphatic heterocycles. The van der Waals surface area contributed by atoms with E-state index in [0.717, 1.165) is 48.2 Å². The Morgan fingerprint density at radius 3 is 2.36 bits per heavy atom. The minimum Gasteiger partial charge on any atom is -0.481 e. The molecule has 7 nitrogen and oxygen atoms in total. The van der Waals surface area contributed by atoms with Crippen molar-refractivity contribution in [2.24, 2.45) is 7.05 Å². The highest BCUT2D eigenvalue weighted by Gasteiger charge is 2.39. The summed E-state index contributed by atoms with van der Waals surface area (Å²) in [6.07, 6.45) is -0.428. The number of benzene rings is 1. The summed E-state index contributed by atoms with van der Waals surface area (Å²) in [5.41, 5.74) is 0.625. The Balaban J connectivity index is 1.85. The van der Waals surface area contributed by atoms with Crippen LogP contribution in [0.5, 0.6) is 5.88 Å². The van der Waals surface area contributed by atoms with E-state index in [4.69, 9.17) is 16.3 Å². The molecule has 1 aliphatic rings. The maximum atomic E-state index is 13.5. The number of hydrogen-bond donors (Lipinski definition) is 1. The molecule has 0 spiro atoms. The van der Waals surface area contributed by atoms with Crippen LogP contribution in [0.15, 0.2) is 12.1 Å². The number of methoxy groups -OCH3 is 1. The first-order valence-corrected chi connectivity index (χ1v) is 12.4. The van der Waals surface area contributed by atoms with Gasteiger partial charge in [0.1, 0.15) is 0 Å². The molecule has 0 bridgehead atoms. The predicted molar refractivity (Wildman–Crippen MR) is 135 cm³/mol. The lowest BCUT2D eigenvalue weighted by molar-refractivity contribution is -0.142. The van der Waals surface area contributed by atoms with E-state index in [9.17, 15) is 18.0 Å². The summed E-state index contributed by atoms with van der Waals surface area (Å²) in [4.78, 5) is 17.7. The van der Waals surface area contributed by atoms with Crippen molar-refractivity contribution in [1.82, 2.24) is 20.0 Å². The fraction of sp³-hybridized carbons (Fsp3) is 0.600. The van der Waals surface area contributed by atoms with Gasteiger partial charge in [0, 0.05) is 41.9 Å². The van der Waals surface area contributed by atoms with Crippen molar-refractivity contribution in [2.75, 3.05) is 32.6 Å². The first-order chi connectivity index (χ1) is 16.9. The lowest BCUT2D eigenvalue weighted by Crippen LogP contribution is -2.42. The predicted octanol–water partition coefficient (Wildman–Crippen LogP) is 5.04. The van der Waals surface area contributed by atoms with Crippen LogP contribution in [-0.2, 0) is 19.8 Å². The third-order valence-corrected chi connectivity index (χ3v) is 7.27. The molecule has 1 aromatic carbocycles. The van der Waals surface area contributed by atoms with Crippen molar-refractivity contribution in [3.63, 3.8) is 0 Å². The molecule has 11 heteroatoms. The fourth-order valence-electron chi connectivity index (χ4n) is 5.17. The second kappa shape index (κ2) is 11.3. The van der Waals surface area contributed by atoms with Crippen LogP contribution in [0.3, 0.4) is 0 Å². The number of aromatic nitrogens is 2. The number of anilines is 1. The molecule has 3 rings (SSSR count). The Morgan fingerprint density at radius 1 is 1.22 bits per heavy atom. The molecule has 0 atom stereocenters. The first-order valence-electron chi connectivity index (χ1n) is 12.1. The Kier molecular flexibility index (Phi) is 8.82. The second-order valence-electron chi connectivity index (χ2n) is 9.45. The smallest absolute Gasteiger partial charge is 0.435 e. The molecule has 1 fully saturated rings. The number of hydrogen-bond acceptors (Lipinski definition) is 5. The van der Waals surface area contributed by atoms with Gasteiger partial charge in [0.05, 0.1) is 19.2 Å². The van der Waals surface area contributed by atoms with E-state index in [1.165, 1.54) is 14.2 Å². The van der Waals surface area contributed by atoms with Gasteiger partial charge in [-0.05, 0) is 71.3 Å². The molecule has 1 saturated carbocycles. The van der Waals surface area contributed by atoms with Crippen molar-refractivity contribution in [2.45, 2.75) is 64.3 Å². The van der Waals surface area contributed by atoms with Gasteiger partial charge in [-0.1, -0.05) is 11.6 Å². The van der Waals surface area contributed by atoms with Gasteiger partial charge >= 0.3 is 6.18 Å². The number of amides is 1. The first kappa shape index (κ1) is 28.1. The molecule has 2 aromatic rings. The maximum Gasteiger partial charge on any atom is 0.435 e. The Hall–Kier alpha value is -2.46. The number of alkyl halides is 3. The highest BCUT2D eigenvalue weighted by atomic mass is 35.5. The second-order valence-corrected chi connectivity index (χ2v) is 9.89. The SMILES string of the molecule is CCN(c1cc(Cl)cc(C(=O)NCc2c(C(F)(F)F)nn(C)c2OC)c1C)C1CCC(N(C)C)CC1. The summed E-state index contributed by atoms with van der Waals surface area (Å²) in [5, 5.41) is 6.55. The van der Waals surface area contributed by atoms with E-state index in [0.29, 0.717) is 22.7 Å². The molecule has 0 radical (unpaired) electrons. The van der Waals surface area contributed by atoms with Crippen molar-refractivity contribution < 1.29 is 22.7 Å². The van der Waals surface area contributed by atoms with Crippen molar-refractivity contribution in [3.05, 3.63) is 39.5 Å². The van der Waals surface area contributed by atoms with Crippen LogP contribution in [0.2, 0.25) is 5.02 Å². The minimum absolute atomic E-state index is 0.0587. The van der Waals surface area contributed by atoms with Crippen LogP contribution < -0.4 is 15.0 Å². The standard InChI is InChI=1S/C25H35ClF3N5O2/c1-7-34(18-10-8-17(9-11-18)32(3)4)21-13-16(26)12-19(15(21)2)23(35)30-14-20-22(25(27,28)29)31-33(5)24(20)36-6/h12-13,17-18H,7-11,14H2,1-6H3,(H,30,35). The number of nitrogens with zero attached hydrogens (tertiary/aromatic N) is 4. The number of halogens is 4.